The number of amides is 2. The van der Waals surface area contributed by atoms with Crippen molar-refractivity contribution in [2.24, 2.45) is 0 Å². The third-order valence-corrected chi connectivity index (χ3v) is 8.40. The maximum Gasteiger partial charge on any atom is 0.243 e. The number of anilines is 1. The van der Waals surface area contributed by atoms with Crippen LogP contribution >= 0.6 is 15.9 Å². The SMILES string of the molecule is CC[C@@H](C)NC(=O)[C@H](Cc1ccccc1)N(Cc1cccc(Br)c1)C(=O)CCCN(c1ccccc1)S(C)(=O)=O. The van der Waals surface area contributed by atoms with Crippen LogP contribution in [0.2, 0.25) is 0 Å². The fraction of sp³-hybridized carbons (Fsp3) is 0.355. The molecule has 0 saturated heterocycles. The zero-order valence-corrected chi connectivity index (χ0v) is 25.7. The molecule has 0 aliphatic heterocycles. The van der Waals surface area contributed by atoms with Gasteiger partial charge in [-0.3, -0.25) is 13.9 Å². The van der Waals surface area contributed by atoms with Crippen molar-refractivity contribution < 1.29 is 18.0 Å². The predicted octanol–water partition coefficient (Wildman–Crippen LogP) is 5.55. The van der Waals surface area contributed by atoms with Crippen molar-refractivity contribution in [3.05, 3.63) is 101 Å². The average molecular weight is 629 g/mol. The zero-order chi connectivity index (χ0) is 29.1. The van der Waals surface area contributed by atoms with Crippen molar-refractivity contribution in [3.8, 4) is 0 Å². The maximum atomic E-state index is 13.9. The molecule has 1 N–H and O–H groups in total. The Morgan fingerprint density at radius 1 is 0.925 bits per heavy atom. The number of nitrogens with zero attached hydrogens (tertiary/aromatic N) is 2. The van der Waals surface area contributed by atoms with E-state index in [4.69, 9.17) is 0 Å². The first kappa shape index (κ1) is 31.4. The lowest BCUT2D eigenvalue weighted by molar-refractivity contribution is -0.141. The van der Waals surface area contributed by atoms with Crippen molar-refractivity contribution >= 4 is 43.5 Å². The molecule has 3 aromatic carbocycles. The number of para-hydroxylation sites is 1. The van der Waals surface area contributed by atoms with Gasteiger partial charge >= 0.3 is 0 Å². The van der Waals surface area contributed by atoms with E-state index in [2.05, 4.69) is 21.2 Å². The Bertz CT molecular complexity index is 1350. The molecule has 9 heteroatoms. The Kier molecular flexibility index (Phi) is 11.8. The molecule has 0 fully saturated rings. The van der Waals surface area contributed by atoms with E-state index in [0.29, 0.717) is 18.5 Å². The van der Waals surface area contributed by atoms with Crippen molar-refractivity contribution in [1.82, 2.24) is 10.2 Å². The first-order chi connectivity index (χ1) is 19.1. The van der Waals surface area contributed by atoms with E-state index in [-0.39, 0.29) is 37.4 Å². The van der Waals surface area contributed by atoms with Gasteiger partial charge in [0.1, 0.15) is 6.04 Å². The summed E-state index contributed by atoms with van der Waals surface area (Å²) in [6.07, 6.45) is 2.69. The average Bonchev–Trinajstić information content (AvgIpc) is 2.93. The van der Waals surface area contributed by atoms with Crippen LogP contribution in [0, 0.1) is 0 Å². The van der Waals surface area contributed by atoms with E-state index < -0.39 is 16.1 Å². The fourth-order valence-electron chi connectivity index (χ4n) is 4.43. The van der Waals surface area contributed by atoms with E-state index in [1.165, 1.54) is 4.31 Å². The standard InChI is InChI=1S/C31H38BrN3O4S/c1-4-24(2)33-31(37)29(22-25-13-7-5-8-14-25)34(23-26-15-11-16-27(32)21-26)30(36)19-12-20-35(40(3,38)39)28-17-9-6-10-18-28/h5-11,13-18,21,24,29H,4,12,19-20,22-23H2,1-3H3,(H,33,37)/t24-,29+/m1/s1. The summed E-state index contributed by atoms with van der Waals surface area (Å²) < 4.78 is 27.2. The van der Waals surface area contributed by atoms with Crippen LogP contribution in [-0.4, -0.2) is 50.0 Å². The molecule has 214 valence electrons. The Morgan fingerprint density at radius 2 is 1.55 bits per heavy atom. The number of carbonyl (C=O) groups is 2. The van der Waals surface area contributed by atoms with Gasteiger partial charge in [0, 0.05) is 36.4 Å². The smallest absolute Gasteiger partial charge is 0.243 e. The van der Waals surface area contributed by atoms with E-state index in [1.54, 1.807) is 29.2 Å². The van der Waals surface area contributed by atoms with Crippen molar-refractivity contribution in [3.63, 3.8) is 0 Å². The lowest BCUT2D eigenvalue weighted by atomic mass is 10.0. The Morgan fingerprint density at radius 3 is 2.15 bits per heavy atom. The molecule has 0 bridgehead atoms. The first-order valence-electron chi connectivity index (χ1n) is 13.5. The number of benzene rings is 3. The molecule has 40 heavy (non-hydrogen) atoms. The highest BCUT2D eigenvalue weighted by Crippen LogP contribution is 2.21. The second-order valence-corrected chi connectivity index (χ2v) is 12.8. The molecule has 0 aliphatic rings. The van der Waals surface area contributed by atoms with Crippen LogP contribution in [0.1, 0.15) is 44.2 Å². The summed E-state index contributed by atoms with van der Waals surface area (Å²) in [5.41, 5.74) is 2.39. The minimum absolute atomic E-state index is 0.0391. The summed E-state index contributed by atoms with van der Waals surface area (Å²) in [6, 6.07) is 25.4. The maximum absolute atomic E-state index is 13.9. The number of nitrogens with one attached hydrogen (secondary N) is 1. The quantitative estimate of drug-likeness (QED) is 0.254. The molecule has 0 aliphatic carbocycles. The number of sulfonamides is 1. The van der Waals surface area contributed by atoms with E-state index in [1.807, 2.05) is 74.5 Å². The molecule has 3 aromatic rings. The molecule has 7 nitrogen and oxygen atoms in total. The number of carbonyl (C=O) groups excluding carboxylic acids is 2. The molecule has 0 spiro atoms. The van der Waals surface area contributed by atoms with Gasteiger partial charge in [0.25, 0.3) is 0 Å². The van der Waals surface area contributed by atoms with Crippen molar-refractivity contribution in [1.29, 1.82) is 0 Å². The van der Waals surface area contributed by atoms with E-state index >= 15 is 0 Å². The molecule has 0 radical (unpaired) electrons. The minimum Gasteiger partial charge on any atom is -0.352 e. The zero-order valence-electron chi connectivity index (χ0n) is 23.3. The normalized spacial score (nSPS) is 12.8. The van der Waals surface area contributed by atoms with Gasteiger partial charge in [-0.25, -0.2) is 8.42 Å². The first-order valence-corrected chi connectivity index (χ1v) is 16.1. The summed E-state index contributed by atoms with van der Waals surface area (Å²) >= 11 is 3.50. The topological polar surface area (TPSA) is 86.8 Å². The van der Waals surface area contributed by atoms with Crippen LogP contribution in [0.25, 0.3) is 0 Å². The van der Waals surface area contributed by atoms with Gasteiger partial charge in [-0.15, -0.1) is 0 Å². The summed E-state index contributed by atoms with van der Waals surface area (Å²) in [5.74, 6) is -0.412. The van der Waals surface area contributed by atoms with Gasteiger partial charge in [-0.2, -0.15) is 0 Å². The second-order valence-electron chi connectivity index (χ2n) is 9.95. The Balaban J connectivity index is 1.88. The second kappa shape index (κ2) is 15.0. The fourth-order valence-corrected chi connectivity index (χ4v) is 5.84. The van der Waals surface area contributed by atoms with Crippen LogP contribution in [0.4, 0.5) is 5.69 Å². The number of halogens is 1. The molecule has 0 saturated carbocycles. The summed E-state index contributed by atoms with van der Waals surface area (Å²) in [5, 5.41) is 3.07. The minimum atomic E-state index is -3.54. The van der Waals surface area contributed by atoms with Crippen LogP contribution in [0.15, 0.2) is 89.4 Å². The van der Waals surface area contributed by atoms with Gasteiger partial charge in [0.2, 0.25) is 21.8 Å². The third-order valence-electron chi connectivity index (χ3n) is 6.71. The van der Waals surface area contributed by atoms with Crippen LogP contribution in [-0.2, 0) is 32.6 Å². The Labute approximate surface area is 246 Å². The molecular formula is C31H38BrN3O4S. The molecule has 0 aromatic heterocycles. The van der Waals surface area contributed by atoms with Crippen molar-refractivity contribution in [2.75, 3.05) is 17.1 Å². The highest BCUT2D eigenvalue weighted by atomic mass is 79.9. The summed E-state index contributed by atoms with van der Waals surface area (Å²) in [7, 11) is -3.54. The molecule has 2 amide bonds. The Hall–Kier alpha value is -3.17. The van der Waals surface area contributed by atoms with Gasteiger partial charge in [0.15, 0.2) is 0 Å². The predicted molar refractivity (Wildman–Crippen MR) is 164 cm³/mol. The molecule has 0 unspecified atom stereocenters. The largest absolute Gasteiger partial charge is 0.352 e. The molecule has 0 heterocycles. The molecule has 3 rings (SSSR count). The van der Waals surface area contributed by atoms with Crippen LogP contribution in [0.3, 0.4) is 0 Å². The van der Waals surface area contributed by atoms with Gasteiger partial charge in [-0.05, 0) is 55.2 Å². The lowest BCUT2D eigenvalue weighted by Gasteiger charge is -2.32. The van der Waals surface area contributed by atoms with Crippen LogP contribution < -0.4 is 9.62 Å². The summed E-state index contributed by atoms with van der Waals surface area (Å²) in [6.45, 7) is 4.35. The number of hydrogen-bond donors (Lipinski definition) is 1. The van der Waals surface area contributed by atoms with E-state index in [0.717, 1.165) is 28.3 Å². The summed E-state index contributed by atoms with van der Waals surface area (Å²) in [4.78, 5) is 29.1. The van der Waals surface area contributed by atoms with Crippen LogP contribution in [0.5, 0.6) is 0 Å². The number of hydrogen-bond acceptors (Lipinski definition) is 4. The van der Waals surface area contributed by atoms with Gasteiger partial charge < -0.3 is 10.2 Å². The highest BCUT2D eigenvalue weighted by molar-refractivity contribution is 9.10. The van der Waals surface area contributed by atoms with Crippen molar-refractivity contribution in [2.45, 2.75) is 58.2 Å². The number of rotatable bonds is 14. The highest BCUT2D eigenvalue weighted by Gasteiger charge is 2.31. The molecular weight excluding hydrogens is 590 g/mol. The lowest BCUT2D eigenvalue weighted by Crippen LogP contribution is -2.52. The monoisotopic (exact) mass is 627 g/mol. The molecule has 2 atom stereocenters. The van der Waals surface area contributed by atoms with Gasteiger partial charge in [0.05, 0.1) is 11.9 Å². The third kappa shape index (κ3) is 9.48. The van der Waals surface area contributed by atoms with Gasteiger partial charge in [-0.1, -0.05) is 83.5 Å². The van der Waals surface area contributed by atoms with E-state index in [9.17, 15) is 18.0 Å².